The van der Waals surface area contributed by atoms with Crippen molar-refractivity contribution in [3.05, 3.63) is 29.3 Å². The lowest BCUT2D eigenvalue weighted by Gasteiger charge is -2.25. The number of nitrogens with one attached hydrogen (secondary N) is 1. The lowest BCUT2D eigenvalue weighted by Crippen LogP contribution is -2.30. The van der Waals surface area contributed by atoms with Gasteiger partial charge < -0.3 is 10.1 Å². The predicted octanol–water partition coefficient (Wildman–Crippen LogP) is 2.12. The van der Waals surface area contributed by atoms with Crippen molar-refractivity contribution < 1.29 is 4.74 Å². The van der Waals surface area contributed by atoms with Crippen molar-refractivity contribution in [2.75, 3.05) is 20.2 Å². The van der Waals surface area contributed by atoms with Gasteiger partial charge in [-0.15, -0.1) is 0 Å². The Labute approximate surface area is 91.6 Å². The van der Waals surface area contributed by atoms with Gasteiger partial charge in [0.2, 0.25) is 0 Å². The number of rotatable bonds is 3. The van der Waals surface area contributed by atoms with E-state index in [9.17, 15) is 0 Å². The van der Waals surface area contributed by atoms with Crippen molar-refractivity contribution in [2.24, 2.45) is 0 Å². The maximum atomic E-state index is 5.59. The average molecular weight is 205 g/mol. The molecule has 0 radical (unpaired) electrons. The summed E-state index contributed by atoms with van der Waals surface area (Å²) in [6.45, 7) is 6.32. The SMILES string of the molecule is CNCC(C)(C)c1ccc2c(c1)OCC2. The highest BCUT2D eigenvalue weighted by Gasteiger charge is 2.22. The summed E-state index contributed by atoms with van der Waals surface area (Å²) >= 11 is 0. The molecule has 0 fully saturated rings. The van der Waals surface area contributed by atoms with Crippen LogP contribution in [0.2, 0.25) is 0 Å². The topological polar surface area (TPSA) is 21.3 Å². The van der Waals surface area contributed by atoms with Gasteiger partial charge in [0.15, 0.2) is 0 Å². The Morgan fingerprint density at radius 3 is 2.93 bits per heavy atom. The van der Waals surface area contributed by atoms with Crippen molar-refractivity contribution in [3.8, 4) is 5.75 Å². The van der Waals surface area contributed by atoms with Crippen LogP contribution in [0.25, 0.3) is 0 Å². The molecule has 0 bridgehead atoms. The van der Waals surface area contributed by atoms with Crippen LogP contribution in [0.4, 0.5) is 0 Å². The molecule has 82 valence electrons. The van der Waals surface area contributed by atoms with E-state index in [1.807, 2.05) is 7.05 Å². The van der Waals surface area contributed by atoms with Gasteiger partial charge in [0, 0.05) is 18.4 Å². The van der Waals surface area contributed by atoms with Gasteiger partial charge in [-0.3, -0.25) is 0 Å². The third kappa shape index (κ3) is 2.00. The molecular formula is C13H19NO. The van der Waals surface area contributed by atoms with Gasteiger partial charge in [0.05, 0.1) is 6.61 Å². The highest BCUT2D eigenvalue weighted by atomic mass is 16.5. The molecule has 2 rings (SSSR count). The van der Waals surface area contributed by atoms with Gasteiger partial charge in [0.25, 0.3) is 0 Å². The summed E-state index contributed by atoms with van der Waals surface area (Å²) in [6.07, 6.45) is 1.06. The van der Waals surface area contributed by atoms with Crippen LogP contribution in [-0.4, -0.2) is 20.2 Å². The molecule has 1 heterocycles. The molecule has 2 heteroatoms. The highest BCUT2D eigenvalue weighted by molar-refractivity contribution is 5.42. The molecule has 0 aliphatic carbocycles. The summed E-state index contributed by atoms with van der Waals surface area (Å²) < 4.78 is 5.59. The fourth-order valence-corrected chi connectivity index (χ4v) is 2.13. The second-order valence-corrected chi connectivity index (χ2v) is 4.84. The van der Waals surface area contributed by atoms with Crippen molar-refractivity contribution in [2.45, 2.75) is 25.7 Å². The van der Waals surface area contributed by atoms with Gasteiger partial charge in [0.1, 0.15) is 5.75 Å². The van der Waals surface area contributed by atoms with Crippen molar-refractivity contribution in [1.82, 2.24) is 5.32 Å². The summed E-state index contributed by atoms with van der Waals surface area (Å²) in [5.74, 6) is 1.08. The van der Waals surface area contributed by atoms with Crippen LogP contribution in [0, 0.1) is 0 Å². The molecule has 1 aromatic carbocycles. The molecule has 0 saturated carbocycles. The quantitative estimate of drug-likeness (QED) is 0.816. The zero-order valence-corrected chi connectivity index (χ0v) is 9.76. The number of ether oxygens (including phenoxy) is 1. The van der Waals surface area contributed by atoms with E-state index in [1.54, 1.807) is 0 Å². The minimum absolute atomic E-state index is 0.162. The number of benzene rings is 1. The summed E-state index contributed by atoms with van der Waals surface area (Å²) in [5.41, 5.74) is 2.85. The minimum Gasteiger partial charge on any atom is -0.493 e. The third-order valence-corrected chi connectivity index (χ3v) is 3.10. The van der Waals surface area contributed by atoms with Gasteiger partial charge in [-0.25, -0.2) is 0 Å². The Kier molecular flexibility index (Phi) is 2.70. The number of hydrogen-bond acceptors (Lipinski definition) is 2. The molecular weight excluding hydrogens is 186 g/mol. The average Bonchev–Trinajstić information content (AvgIpc) is 2.63. The largest absolute Gasteiger partial charge is 0.493 e. The minimum atomic E-state index is 0.162. The molecule has 1 N–H and O–H groups in total. The Bertz CT molecular complexity index is 358. The molecule has 0 atom stereocenters. The van der Waals surface area contributed by atoms with E-state index in [1.165, 1.54) is 11.1 Å². The second kappa shape index (κ2) is 3.86. The first kappa shape index (κ1) is 10.5. The maximum Gasteiger partial charge on any atom is 0.122 e. The van der Waals surface area contributed by atoms with Crippen molar-refractivity contribution in [3.63, 3.8) is 0 Å². The molecule has 1 aliphatic heterocycles. The van der Waals surface area contributed by atoms with Crippen LogP contribution < -0.4 is 10.1 Å². The number of hydrogen-bond donors (Lipinski definition) is 1. The number of fused-ring (bicyclic) bond motifs is 1. The van der Waals surface area contributed by atoms with Gasteiger partial charge in [-0.1, -0.05) is 26.0 Å². The molecule has 2 nitrogen and oxygen atoms in total. The third-order valence-electron chi connectivity index (χ3n) is 3.10. The highest BCUT2D eigenvalue weighted by Crippen LogP contribution is 2.31. The maximum absolute atomic E-state index is 5.59. The zero-order valence-electron chi connectivity index (χ0n) is 9.76. The van der Waals surface area contributed by atoms with Crippen LogP contribution in [0.1, 0.15) is 25.0 Å². The molecule has 0 amide bonds. The Morgan fingerprint density at radius 1 is 1.40 bits per heavy atom. The fourth-order valence-electron chi connectivity index (χ4n) is 2.13. The molecule has 0 saturated heterocycles. The first-order chi connectivity index (χ1) is 7.13. The van der Waals surface area contributed by atoms with Crippen LogP contribution >= 0.6 is 0 Å². The Balaban J connectivity index is 2.29. The van der Waals surface area contributed by atoms with E-state index >= 15 is 0 Å². The zero-order chi connectivity index (χ0) is 10.9. The first-order valence-corrected chi connectivity index (χ1v) is 5.54. The molecule has 15 heavy (non-hydrogen) atoms. The van der Waals surface area contributed by atoms with Crippen molar-refractivity contribution in [1.29, 1.82) is 0 Å². The van der Waals surface area contributed by atoms with Gasteiger partial charge >= 0.3 is 0 Å². The molecule has 0 unspecified atom stereocenters. The van der Waals surface area contributed by atoms with Crippen LogP contribution in [-0.2, 0) is 11.8 Å². The van der Waals surface area contributed by atoms with E-state index in [2.05, 4.69) is 37.4 Å². The molecule has 1 aromatic rings. The van der Waals surface area contributed by atoms with Gasteiger partial charge in [-0.2, -0.15) is 0 Å². The van der Waals surface area contributed by atoms with Crippen LogP contribution in [0.5, 0.6) is 5.75 Å². The number of likely N-dealkylation sites (N-methyl/N-ethyl adjacent to an activating group) is 1. The smallest absolute Gasteiger partial charge is 0.122 e. The standard InChI is InChI=1S/C13H19NO/c1-13(2,9-14-3)11-5-4-10-6-7-15-12(10)8-11/h4-5,8,14H,6-7,9H2,1-3H3. The molecule has 1 aliphatic rings. The molecule has 0 spiro atoms. The summed E-state index contributed by atoms with van der Waals surface area (Å²) in [7, 11) is 1.99. The van der Waals surface area contributed by atoms with Crippen molar-refractivity contribution >= 4 is 0 Å². The van der Waals surface area contributed by atoms with E-state index in [0.717, 1.165) is 25.3 Å². The monoisotopic (exact) mass is 205 g/mol. The summed E-state index contributed by atoms with van der Waals surface area (Å²) in [5, 5.41) is 3.23. The lowest BCUT2D eigenvalue weighted by molar-refractivity contribution is 0.355. The Morgan fingerprint density at radius 2 is 2.20 bits per heavy atom. The van der Waals surface area contributed by atoms with E-state index in [-0.39, 0.29) is 5.41 Å². The summed E-state index contributed by atoms with van der Waals surface area (Å²) in [6, 6.07) is 6.62. The van der Waals surface area contributed by atoms with E-state index in [4.69, 9.17) is 4.74 Å². The first-order valence-electron chi connectivity index (χ1n) is 5.54. The molecule has 0 aromatic heterocycles. The summed E-state index contributed by atoms with van der Waals surface area (Å²) in [4.78, 5) is 0. The van der Waals surface area contributed by atoms with E-state index in [0.29, 0.717) is 0 Å². The lowest BCUT2D eigenvalue weighted by atomic mass is 9.84. The predicted molar refractivity (Wildman–Crippen MR) is 62.6 cm³/mol. The van der Waals surface area contributed by atoms with Crippen LogP contribution in [0.3, 0.4) is 0 Å². The normalized spacial score (nSPS) is 14.9. The Hall–Kier alpha value is -1.02. The fraction of sp³-hybridized carbons (Fsp3) is 0.538. The second-order valence-electron chi connectivity index (χ2n) is 4.84. The van der Waals surface area contributed by atoms with Crippen LogP contribution in [0.15, 0.2) is 18.2 Å². The van der Waals surface area contributed by atoms with Gasteiger partial charge in [-0.05, 0) is 24.2 Å². The van der Waals surface area contributed by atoms with E-state index < -0.39 is 0 Å².